The summed E-state index contributed by atoms with van der Waals surface area (Å²) in [6.07, 6.45) is -14.6. The summed E-state index contributed by atoms with van der Waals surface area (Å²) in [5.41, 5.74) is 0. The fourth-order valence-corrected chi connectivity index (χ4v) is 0.994. The highest BCUT2D eigenvalue weighted by Crippen LogP contribution is 2.57. The summed E-state index contributed by atoms with van der Waals surface area (Å²) in [7, 11) is 0. The first-order valence-corrected chi connectivity index (χ1v) is 4.61. The van der Waals surface area contributed by atoms with Crippen LogP contribution in [0.25, 0.3) is 0 Å². The molecule has 14 heteroatoms. The van der Waals surface area contributed by atoms with Gasteiger partial charge in [0.1, 0.15) is 0 Å². The molecule has 0 radical (unpaired) electrons. The summed E-state index contributed by atoms with van der Waals surface area (Å²) in [6, 6.07) is 0. The lowest BCUT2D eigenvalue weighted by molar-refractivity contribution is -0.375. The summed E-state index contributed by atoms with van der Waals surface area (Å²) < 4.78 is 172. The van der Waals surface area contributed by atoms with Gasteiger partial charge in [-0.1, -0.05) is 0 Å². The first kappa shape index (κ1) is 20.8. The Kier molecular flexibility index (Phi) is 5.43. The Morgan fingerprint density at radius 1 is 0.636 bits per heavy atom. The predicted octanol–water partition coefficient (Wildman–Crippen LogP) is 5.21. The molecule has 0 fully saturated rings. The number of rotatable bonds is 6. The largest absolute Gasteiger partial charge is 0.385 e. The molecule has 0 aliphatic rings. The van der Waals surface area contributed by atoms with Gasteiger partial charge in [-0.05, 0) is 0 Å². The molecular weight excluding hydrogens is 362 g/mol. The van der Waals surface area contributed by atoms with Crippen LogP contribution in [0.15, 0.2) is 11.9 Å². The van der Waals surface area contributed by atoms with Crippen LogP contribution < -0.4 is 0 Å². The fourth-order valence-electron chi connectivity index (χ4n) is 0.994. The van der Waals surface area contributed by atoms with Gasteiger partial charge in [-0.2, -0.15) is 48.3 Å². The van der Waals surface area contributed by atoms with Crippen LogP contribution in [0.5, 0.6) is 0 Å². The van der Waals surface area contributed by atoms with Gasteiger partial charge in [0.2, 0.25) is 12.0 Å². The lowest BCUT2D eigenvalue weighted by atomic mass is 9.95. The van der Waals surface area contributed by atoms with E-state index >= 15 is 0 Å². The Labute approximate surface area is 111 Å². The molecule has 1 unspecified atom stereocenters. The molecule has 0 aromatic rings. The molecule has 0 spiro atoms. The third kappa shape index (κ3) is 2.83. The molecule has 0 saturated heterocycles. The zero-order valence-electron chi connectivity index (χ0n) is 9.45. The van der Waals surface area contributed by atoms with Crippen LogP contribution in [0, 0.1) is 0 Å². The summed E-state index contributed by atoms with van der Waals surface area (Å²) >= 11 is 0. The van der Waals surface area contributed by atoms with Crippen molar-refractivity contribution in [2.75, 3.05) is 0 Å². The third-order valence-corrected chi connectivity index (χ3v) is 2.22. The Morgan fingerprint density at radius 3 is 1.27 bits per heavy atom. The summed E-state index contributed by atoms with van der Waals surface area (Å²) in [5.74, 6) is -34.1. The maximum atomic E-state index is 12.7. The Bertz CT molecular complexity index is 430. The maximum absolute atomic E-state index is 12.7. The Morgan fingerprint density at radius 2 is 1.00 bits per heavy atom. The van der Waals surface area contributed by atoms with E-state index in [1.54, 1.807) is 0 Å². The number of hydrogen-bond acceptors (Lipinski definition) is 0. The van der Waals surface area contributed by atoms with E-state index in [1.807, 2.05) is 0 Å². The molecule has 0 saturated carbocycles. The molecule has 0 nitrogen and oxygen atoms in total. The number of alkyl halides is 11. The van der Waals surface area contributed by atoms with E-state index in [2.05, 4.69) is 0 Å². The first-order valence-electron chi connectivity index (χ1n) is 4.61. The van der Waals surface area contributed by atoms with Crippen LogP contribution in [0.3, 0.4) is 0 Å². The SMILES string of the molecule is FC(F)=C(F)C(F)(F)C(F)(F)C(F)(F)C(F)(F)C(F)C(F)F. The van der Waals surface area contributed by atoms with Crippen molar-refractivity contribution in [3.8, 4) is 0 Å². The topological polar surface area (TPSA) is 0 Å². The average Bonchev–Trinajstić information content (AvgIpc) is 2.35. The normalized spacial score (nSPS) is 16.0. The van der Waals surface area contributed by atoms with Crippen LogP contribution in [0.1, 0.15) is 0 Å². The van der Waals surface area contributed by atoms with Crippen molar-refractivity contribution < 1.29 is 61.5 Å². The predicted molar refractivity (Wildman–Crippen MR) is 41.0 cm³/mol. The van der Waals surface area contributed by atoms with Crippen LogP contribution in [0.2, 0.25) is 0 Å². The highest BCUT2D eigenvalue weighted by atomic mass is 19.4. The molecule has 0 aliphatic carbocycles. The van der Waals surface area contributed by atoms with E-state index in [1.165, 1.54) is 0 Å². The second-order valence-electron chi connectivity index (χ2n) is 3.66. The smallest absolute Gasteiger partial charge is 0.234 e. The molecule has 22 heavy (non-hydrogen) atoms. The summed E-state index contributed by atoms with van der Waals surface area (Å²) in [5, 5.41) is 0. The van der Waals surface area contributed by atoms with Crippen molar-refractivity contribution in [2.24, 2.45) is 0 Å². The van der Waals surface area contributed by atoms with E-state index in [9.17, 15) is 61.5 Å². The second kappa shape index (κ2) is 5.76. The van der Waals surface area contributed by atoms with Crippen LogP contribution in [0.4, 0.5) is 61.5 Å². The minimum Gasteiger partial charge on any atom is -0.234 e. The average molecular weight is 364 g/mol. The van der Waals surface area contributed by atoms with Gasteiger partial charge in [0, 0.05) is 0 Å². The lowest BCUT2D eigenvalue weighted by Crippen LogP contribution is -2.65. The zero-order valence-corrected chi connectivity index (χ0v) is 9.45. The molecule has 0 bridgehead atoms. The van der Waals surface area contributed by atoms with Crippen molar-refractivity contribution in [1.82, 2.24) is 0 Å². The van der Waals surface area contributed by atoms with Gasteiger partial charge in [-0.3, -0.25) is 0 Å². The van der Waals surface area contributed by atoms with Crippen LogP contribution in [-0.2, 0) is 0 Å². The zero-order chi connectivity index (χ0) is 18.3. The third-order valence-electron chi connectivity index (χ3n) is 2.22. The molecular formula is C8H2F14. The van der Waals surface area contributed by atoms with Crippen molar-refractivity contribution >= 4 is 0 Å². The molecule has 0 amide bonds. The van der Waals surface area contributed by atoms with Gasteiger partial charge in [0.15, 0.2) is 0 Å². The molecule has 0 N–H and O–H groups in total. The van der Waals surface area contributed by atoms with Gasteiger partial charge >= 0.3 is 29.8 Å². The van der Waals surface area contributed by atoms with Gasteiger partial charge in [-0.15, -0.1) is 0 Å². The first-order chi connectivity index (χ1) is 9.46. The van der Waals surface area contributed by atoms with Crippen LogP contribution in [-0.4, -0.2) is 36.3 Å². The Balaban J connectivity index is 6.13. The van der Waals surface area contributed by atoms with E-state index < -0.39 is 48.2 Å². The quantitative estimate of drug-likeness (QED) is 0.568. The summed E-state index contributed by atoms with van der Waals surface area (Å²) in [4.78, 5) is 0. The van der Waals surface area contributed by atoms with Gasteiger partial charge in [-0.25, -0.2) is 13.2 Å². The molecule has 0 heterocycles. The molecule has 1 atom stereocenters. The van der Waals surface area contributed by atoms with Gasteiger partial charge < -0.3 is 0 Å². The molecule has 132 valence electrons. The minimum absolute atomic E-state index is 4.26. The standard InChI is InChI=1S/C8H2F14/c9-1(3(11)12)5(15,16)7(19,20)8(21,22)6(17,18)2(10)4(13)14/h1,3H. The number of hydrogen-bond donors (Lipinski definition) is 0. The van der Waals surface area contributed by atoms with Crippen molar-refractivity contribution in [3.63, 3.8) is 0 Å². The van der Waals surface area contributed by atoms with E-state index in [0.29, 0.717) is 0 Å². The van der Waals surface area contributed by atoms with Crippen molar-refractivity contribution in [3.05, 3.63) is 11.9 Å². The maximum Gasteiger partial charge on any atom is 0.385 e. The molecule has 0 aliphatic heterocycles. The second-order valence-corrected chi connectivity index (χ2v) is 3.66. The number of allylic oxidation sites excluding steroid dienone is 1. The number of halogens is 14. The van der Waals surface area contributed by atoms with E-state index in [4.69, 9.17) is 0 Å². The van der Waals surface area contributed by atoms with Crippen LogP contribution >= 0.6 is 0 Å². The van der Waals surface area contributed by atoms with E-state index in [0.717, 1.165) is 0 Å². The Hall–Kier alpha value is -1.24. The van der Waals surface area contributed by atoms with E-state index in [-0.39, 0.29) is 0 Å². The summed E-state index contributed by atoms with van der Waals surface area (Å²) in [6.45, 7) is 0. The van der Waals surface area contributed by atoms with Crippen molar-refractivity contribution in [2.45, 2.75) is 36.3 Å². The van der Waals surface area contributed by atoms with Crippen molar-refractivity contribution in [1.29, 1.82) is 0 Å². The minimum atomic E-state index is -7.66. The molecule has 0 aromatic heterocycles. The highest BCUT2D eigenvalue weighted by molar-refractivity contribution is 5.17. The molecule has 0 aromatic carbocycles. The molecule has 0 rings (SSSR count). The fraction of sp³-hybridized carbons (Fsp3) is 0.750. The monoisotopic (exact) mass is 364 g/mol. The highest BCUT2D eigenvalue weighted by Gasteiger charge is 2.84. The lowest BCUT2D eigenvalue weighted by Gasteiger charge is -2.36. The van der Waals surface area contributed by atoms with Gasteiger partial charge in [0.05, 0.1) is 0 Å². The van der Waals surface area contributed by atoms with Gasteiger partial charge in [0.25, 0.3) is 6.43 Å².